The second kappa shape index (κ2) is 16.1. The molecular weight excluding hydrogens is 853 g/mol. The first-order valence-corrected chi connectivity index (χ1v) is 23.7. The molecule has 4 aromatic heterocycles. The molecule has 0 saturated heterocycles. The summed E-state index contributed by atoms with van der Waals surface area (Å²) in [7, 11) is 0. The maximum Gasteiger partial charge on any atom is 0.160 e. The van der Waals surface area contributed by atoms with E-state index >= 15 is 0 Å². The zero-order chi connectivity index (χ0) is 46.1. The van der Waals surface area contributed by atoms with Crippen LogP contribution in [0.25, 0.3) is 139 Å². The van der Waals surface area contributed by atoms with Crippen molar-refractivity contribution >= 4 is 65.4 Å². The van der Waals surface area contributed by atoms with Gasteiger partial charge in [-0.05, 0) is 65.2 Å². The molecule has 326 valence electrons. The van der Waals surface area contributed by atoms with E-state index in [2.05, 4.69) is 223 Å². The van der Waals surface area contributed by atoms with E-state index in [0.29, 0.717) is 5.82 Å². The predicted molar refractivity (Wildman–Crippen MR) is 289 cm³/mol. The highest BCUT2D eigenvalue weighted by atomic mass is 16.3. The van der Waals surface area contributed by atoms with E-state index in [4.69, 9.17) is 19.4 Å². The van der Waals surface area contributed by atoms with Crippen LogP contribution >= 0.6 is 0 Å². The number of fused-ring (bicyclic) bond motifs is 9. The number of rotatable bonds is 7. The third kappa shape index (κ3) is 6.51. The van der Waals surface area contributed by atoms with Crippen molar-refractivity contribution in [3.05, 3.63) is 243 Å². The second-order valence-corrected chi connectivity index (χ2v) is 17.9. The van der Waals surface area contributed by atoms with E-state index in [9.17, 15) is 0 Å². The fourth-order valence-corrected chi connectivity index (χ4v) is 10.5. The summed E-state index contributed by atoms with van der Waals surface area (Å²) in [5.41, 5.74) is 17.3. The normalized spacial score (nSPS) is 11.7. The van der Waals surface area contributed by atoms with Gasteiger partial charge >= 0.3 is 0 Å². The maximum atomic E-state index is 6.61. The van der Waals surface area contributed by atoms with E-state index in [1.165, 1.54) is 27.2 Å². The number of furan rings is 1. The van der Waals surface area contributed by atoms with Gasteiger partial charge in [0, 0.05) is 71.2 Å². The molecule has 0 fully saturated rings. The molecule has 0 N–H and O–H groups in total. The quantitative estimate of drug-likeness (QED) is 0.150. The lowest BCUT2D eigenvalue weighted by atomic mass is 9.89. The van der Waals surface area contributed by atoms with Crippen LogP contribution in [0.1, 0.15) is 0 Å². The van der Waals surface area contributed by atoms with Gasteiger partial charge in [-0.25, -0.2) is 15.0 Å². The highest BCUT2D eigenvalue weighted by Gasteiger charge is 2.22. The Morgan fingerprint density at radius 1 is 0.314 bits per heavy atom. The van der Waals surface area contributed by atoms with Gasteiger partial charge < -0.3 is 8.98 Å². The van der Waals surface area contributed by atoms with Crippen molar-refractivity contribution in [2.24, 2.45) is 0 Å². The molecule has 0 aliphatic heterocycles. The lowest BCUT2D eigenvalue weighted by Crippen LogP contribution is -1.97. The minimum atomic E-state index is 0.682. The van der Waals surface area contributed by atoms with Crippen LogP contribution in [0, 0.1) is 0 Å². The average Bonchev–Trinajstić information content (AvgIpc) is 3.98. The zero-order valence-corrected chi connectivity index (χ0v) is 37.8. The highest BCUT2D eigenvalue weighted by Crippen LogP contribution is 2.46. The molecule has 5 nitrogen and oxygen atoms in total. The molecule has 5 heteroatoms. The summed E-state index contributed by atoms with van der Waals surface area (Å²) in [5, 5.41) is 8.03. The van der Waals surface area contributed by atoms with Crippen molar-refractivity contribution in [3.63, 3.8) is 0 Å². The Morgan fingerprint density at radius 3 is 1.56 bits per heavy atom. The first kappa shape index (κ1) is 39.7. The summed E-state index contributed by atoms with van der Waals surface area (Å²) in [5.74, 6) is 0.682. The first-order chi connectivity index (χ1) is 34.7. The molecule has 14 aromatic rings. The number of pyridine rings is 1. The molecule has 0 radical (unpaired) electrons. The van der Waals surface area contributed by atoms with Gasteiger partial charge in [-0.15, -0.1) is 0 Å². The van der Waals surface area contributed by atoms with Gasteiger partial charge in [-0.2, -0.15) is 0 Å². The molecule has 0 bridgehead atoms. The van der Waals surface area contributed by atoms with Gasteiger partial charge in [-0.3, -0.25) is 0 Å². The summed E-state index contributed by atoms with van der Waals surface area (Å²) in [4.78, 5) is 15.7. The fraction of sp³-hybridized carbons (Fsp3) is 0. The molecule has 14 rings (SSSR count). The minimum absolute atomic E-state index is 0.682. The smallest absolute Gasteiger partial charge is 0.160 e. The number of hydrogen-bond acceptors (Lipinski definition) is 4. The largest absolute Gasteiger partial charge is 0.456 e. The summed E-state index contributed by atoms with van der Waals surface area (Å²) in [6.45, 7) is 0. The van der Waals surface area contributed by atoms with Crippen LogP contribution in [-0.2, 0) is 0 Å². The summed E-state index contributed by atoms with van der Waals surface area (Å²) < 4.78 is 8.96. The van der Waals surface area contributed by atoms with Crippen molar-refractivity contribution in [3.8, 4) is 73.1 Å². The first-order valence-electron chi connectivity index (χ1n) is 23.7. The van der Waals surface area contributed by atoms with Crippen molar-refractivity contribution in [1.29, 1.82) is 0 Å². The highest BCUT2D eigenvalue weighted by molar-refractivity contribution is 6.27. The van der Waals surface area contributed by atoms with Gasteiger partial charge in [0.2, 0.25) is 0 Å². The van der Waals surface area contributed by atoms with E-state index in [1.54, 1.807) is 0 Å². The Kier molecular flexibility index (Phi) is 9.14. The zero-order valence-electron chi connectivity index (χ0n) is 37.8. The van der Waals surface area contributed by atoms with E-state index < -0.39 is 0 Å². The molecule has 0 atom stereocenters. The molecule has 0 amide bonds. The molecule has 0 saturated carbocycles. The average molecular weight is 893 g/mol. The van der Waals surface area contributed by atoms with Crippen molar-refractivity contribution in [2.45, 2.75) is 0 Å². The Morgan fingerprint density at radius 2 is 0.857 bits per heavy atom. The Hall–Kier alpha value is -9.45. The molecule has 0 aliphatic rings. The van der Waals surface area contributed by atoms with Crippen LogP contribution in [0.4, 0.5) is 0 Å². The molecule has 0 aliphatic carbocycles. The Balaban J connectivity index is 0.848. The van der Waals surface area contributed by atoms with E-state index in [0.717, 1.165) is 106 Å². The Labute approximate surface area is 403 Å². The summed E-state index contributed by atoms with van der Waals surface area (Å²) in [6, 6.07) is 85.5. The fourth-order valence-electron chi connectivity index (χ4n) is 10.5. The number of aromatic nitrogens is 4. The van der Waals surface area contributed by atoms with Crippen LogP contribution < -0.4 is 0 Å². The van der Waals surface area contributed by atoms with Gasteiger partial charge in [0.1, 0.15) is 11.2 Å². The molecule has 0 spiro atoms. The lowest BCUT2D eigenvalue weighted by Gasteiger charge is -2.16. The SMILES string of the molecule is c1ccc(-c2nc(-c3ccc(-c4ccc(-c5nc6ccccc6c6c(-c7ccccc7)c7c(cc56)oc5ccccc57)cc4)cc3)cc(-c3cccc(-n4c5ccccc5c5ccccc54)c3)n2)cc1. The monoisotopic (exact) mass is 892 g/mol. The van der Waals surface area contributed by atoms with Gasteiger partial charge in [0.25, 0.3) is 0 Å². The van der Waals surface area contributed by atoms with Crippen molar-refractivity contribution in [2.75, 3.05) is 0 Å². The standard InChI is InChI=1S/C65H40N4O/c1-3-16-44(17-4-1)61-62-51-24-7-11-26-54(51)66-64(53(62)39-60-63(61)52-25-10-14-29-59(52)70-60)45-36-32-42(33-37-45)41-30-34-43(35-31-41)55-40-56(68-65(67-55)46-18-5-2-6-19-46)47-20-15-21-48(38-47)69-57-27-12-8-22-49(57)50-23-9-13-28-58(50)69/h1-40H. The number of para-hydroxylation sites is 4. The van der Waals surface area contributed by atoms with E-state index in [-0.39, 0.29) is 0 Å². The number of benzene rings is 10. The van der Waals surface area contributed by atoms with Gasteiger partial charge in [0.05, 0.1) is 33.6 Å². The molecular formula is C65H40N4O. The van der Waals surface area contributed by atoms with Crippen LogP contribution in [0.2, 0.25) is 0 Å². The maximum absolute atomic E-state index is 6.61. The van der Waals surface area contributed by atoms with Crippen LogP contribution in [0.5, 0.6) is 0 Å². The summed E-state index contributed by atoms with van der Waals surface area (Å²) in [6.07, 6.45) is 0. The Bertz CT molecular complexity index is 4270. The third-order valence-electron chi connectivity index (χ3n) is 13.8. The van der Waals surface area contributed by atoms with Gasteiger partial charge in [-0.1, -0.05) is 194 Å². The van der Waals surface area contributed by atoms with Crippen molar-refractivity contribution < 1.29 is 4.42 Å². The van der Waals surface area contributed by atoms with Crippen LogP contribution in [0.15, 0.2) is 247 Å². The van der Waals surface area contributed by atoms with Crippen LogP contribution in [-0.4, -0.2) is 19.5 Å². The molecule has 10 aromatic carbocycles. The summed E-state index contributed by atoms with van der Waals surface area (Å²) >= 11 is 0. The molecule has 4 heterocycles. The van der Waals surface area contributed by atoms with Crippen molar-refractivity contribution in [1.82, 2.24) is 19.5 Å². The minimum Gasteiger partial charge on any atom is -0.456 e. The van der Waals surface area contributed by atoms with Gasteiger partial charge in [0.15, 0.2) is 5.82 Å². The predicted octanol–water partition coefficient (Wildman–Crippen LogP) is 17.2. The topological polar surface area (TPSA) is 56.7 Å². The number of nitrogens with zero attached hydrogens (tertiary/aromatic N) is 4. The van der Waals surface area contributed by atoms with Crippen LogP contribution in [0.3, 0.4) is 0 Å². The number of hydrogen-bond donors (Lipinski definition) is 0. The third-order valence-corrected chi connectivity index (χ3v) is 13.8. The van der Waals surface area contributed by atoms with E-state index in [1.807, 2.05) is 24.3 Å². The molecule has 70 heavy (non-hydrogen) atoms. The molecule has 0 unspecified atom stereocenters. The lowest BCUT2D eigenvalue weighted by molar-refractivity contribution is 0.669. The second-order valence-electron chi connectivity index (χ2n) is 17.9.